The standard InChI is InChI=1S/C23H23FN4O4/c1-12-6-16(13-7-18(31-4)21(32-5)26-9-13)27-17-11-28(22(29)19(12)17)14-8-15(24)20(25-10-14)23(2,3)30/h6-11,29-30H,1-5H3. The molecule has 0 bridgehead atoms. The number of methoxy groups -OCH3 is 2. The predicted molar refractivity (Wildman–Crippen MR) is 117 cm³/mol. The summed E-state index contributed by atoms with van der Waals surface area (Å²) in [6.45, 7) is 4.76. The summed E-state index contributed by atoms with van der Waals surface area (Å²) in [5.74, 6) is 0.0772. The molecule has 32 heavy (non-hydrogen) atoms. The zero-order valence-corrected chi connectivity index (χ0v) is 18.3. The van der Waals surface area contributed by atoms with Crippen molar-refractivity contribution >= 4 is 10.9 Å². The number of aryl methyl sites for hydroxylation is 1. The van der Waals surface area contributed by atoms with Crippen molar-refractivity contribution in [3.05, 3.63) is 53.9 Å². The molecule has 0 amide bonds. The van der Waals surface area contributed by atoms with Crippen LogP contribution in [-0.4, -0.2) is 44.0 Å². The van der Waals surface area contributed by atoms with Gasteiger partial charge in [0.25, 0.3) is 5.88 Å². The fourth-order valence-electron chi connectivity index (χ4n) is 3.61. The fourth-order valence-corrected chi connectivity index (χ4v) is 3.61. The van der Waals surface area contributed by atoms with E-state index in [1.807, 2.05) is 13.0 Å². The van der Waals surface area contributed by atoms with Gasteiger partial charge in [0.2, 0.25) is 5.88 Å². The first-order chi connectivity index (χ1) is 15.1. The van der Waals surface area contributed by atoms with Crippen molar-refractivity contribution in [3.8, 4) is 34.5 Å². The third-order valence-electron chi connectivity index (χ3n) is 5.16. The zero-order valence-electron chi connectivity index (χ0n) is 18.3. The summed E-state index contributed by atoms with van der Waals surface area (Å²) in [5, 5.41) is 21.4. The van der Waals surface area contributed by atoms with Gasteiger partial charge in [-0.1, -0.05) is 0 Å². The minimum atomic E-state index is -1.42. The highest BCUT2D eigenvalue weighted by molar-refractivity contribution is 5.90. The number of pyridine rings is 3. The van der Waals surface area contributed by atoms with Gasteiger partial charge in [-0.25, -0.2) is 14.4 Å². The highest BCUT2D eigenvalue weighted by atomic mass is 19.1. The average molecular weight is 438 g/mol. The van der Waals surface area contributed by atoms with Crippen LogP contribution < -0.4 is 9.47 Å². The first-order valence-electron chi connectivity index (χ1n) is 9.83. The summed E-state index contributed by atoms with van der Waals surface area (Å²) < 4.78 is 26.5. The maximum absolute atomic E-state index is 14.6. The van der Waals surface area contributed by atoms with Crippen LogP contribution in [0.5, 0.6) is 17.5 Å². The normalized spacial score (nSPS) is 11.7. The van der Waals surface area contributed by atoms with Crippen molar-refractivity contribution < 1.29 is 24.1 Å². The number of aromatic hydroxyl groups is 1. The van der Waals surface area contributed by atoms with Crippen LogP contribution in [0.25, 0.3) is 27.8 Å². The number of ether oxygens (including phenoxy) is 2. The van der Waals surface area contributed by atoms with E-state index in [-0.39, 0.29) is 11.6 Å². The van der Waals surface area contributed by atoms with Crippen LogP contribution >= 0.6 is 0 Å². The molecule has 0 fully saturated rings. The van der Waals surface area contributed by atoms with Gasteiger partial charge in [0, 0.05) is 24.0 Å². The average Bonchev–Trinajstić information content (AvgIpc) is 3.09. The van der Waals surface area contributed by atoms with E-state index in [0.29, 0.717) is 39.5 Å². The molecular weight excluding hydrogens is 415 g/mol. The molecule has 4 rings (SSSR count). The number of hydrogen-bond donors (Lipinski definition) is 2. The van der Waals surface area contributed by atoms with Gasteiger partial charge in [-0.05, 0) is 38.5 Å². The molecule has 4 heterocycles. The van der Waals surface area contributed by atoms with Crippen molar-refractivity contribution in [2.45, 2.75) is 26.4 Å². The summed E-state index contributed by atoms with van der Waals surface area (Å²) in [5.41, 5.74) is 1.43. The lowest BCUT2D eigenvalue weighted by Crippen LogP contribution is -2.19. The Morgan fingerprint density at radius 2 is 1.81 bits per heavy atom. The van der Waals surface area contributed by atoms with Crippen LogP contribution in [0.2, 0.25) is 0 Å². The molecule has 0 aliphatic rings. The Morgan fingerprint density at radius 1 is 1.06 bits per heavy atom. The lowest BCUT2D eigenvalue weighted by Gasteiger charge is -2.17. The lowest BCUT2D eigenvalue weighted by molar-refractivity contribution is 0.0694. The van der Waals surface area contributed by atoms with E-state index in [0.717, 1.165) is 5.56 Å². The fraction of sp³-hybridized carbons (Fsp3) is 0.261. The molecule has 166 valence electrons. The van der Waals surface area contributed by atoms with Crippen LogP contribution in [0.1, 0.15) is 25.1 Å². The molecule has 0 radical (unpaired) electrons. The van der Waals surface area contributed by atoms with Crippen molar-refractivity contribution in [1.82, 2.24) is 19.5 Å². The van der Waals surface area contributed by atoms with E-state index in [9.17, 15) is 14.6 Å². The zero-order chi connectivity index (χ0) is 23.2. The van der Waals surface area contributed by atoms with Gasteiger partial charge in [-0.3, -0.25) is 9.55 Å². The van der Waals surface area contributed by atoms with Gasteiger partial charge in [-0.15, -0.1) is 0 Å². The number of hydrogen-bond acceptors (Lipinski definition) is 7. The Balaban J connectivity index is 1.83. The third kappa shape index (κ3) is 3.60. The number of aromatic nitrogens is 4. The monoisotopic (exact) mass is 438 g/mol. The second-order valence-electron chi connectivity index (χ2n) is 7.93. The SMILES string of the molecule is COc1cc(-c2cc(C)c3c(O)n(-c4cnc(C(C)(C)O)c(F)c4)cc3n2)cnc1OC. The van der Waals surface area contributed by atoms with E-state index in [1.54, 1.807) is 18.5 Å². The quantitative estimate of drug-likeness (QED) is 0.487. The molecular formula is C23H23FN4O4. The maximum atomic E-state index is 14.6. The lowest BCUT2D eigenvalue weighted by atomic mass is 10.0. The summed E-state index contributed by atoms with van der Waals surface area (Å²) in [7, 11) is 3.04. The predicted octanol–water partition coefficient (Wildman–Crippen LogP) is 3.88. The molecule has 9 heteroatoms. The maximum Gasteiger partial charge on any atom is 0.256 e. The molecule has 2 N–H and O–H groups in total. The second kappa shape index (κ2) is 7.76. The molecule has 0 aromatic carbocycles. The van der Waals surface area contributed by atoms with E-state index in [2.05, 4.69) is 15.0 Å². The molecule has 8 nitrogen and oxygen atoms in total. The van der Waals surface area contributed by atoms with Gasteiger partial charge < -0.3 is 19.7 Å². The van der Waals surface area contributed by atoms with E-state index in [1.165, 1.54) is 44.9 Å². The Labute approximate surface area is 183 Å². The Morgan fingerprint density at radius 3 is 2.44 bits per heavy atom. The molecule has 4 aromatic heterocycles. The molecule has 0 aliphatic carbocycles. The largest absolute Gasteiger partial charge is 0.494 e. The Bertz CT molecular complexity index is 1330. The highest BCUT2D eigenvalue weighted by Crippen LogP contribution is 2.36. The molecule has 0 atom stereocenters. The summed E-state index contributed by atoms with van der Waals surface area (Å²) in [6, 6.07) is 4.81. The van der Waals surface area contributed by atoms with E-state index in [4.69, 9.17) is 9.47 Å². The smallest absolute Gasteiger partial charge is 0.256 e. The van der Waals surface area contributed by atoms with Crippen molar-refractivity contribution in [3.63, 3.8) is 0 Å². The Kier molecular flexibility index (Phi) is 5.21. The van der Waals surface area contributed by atoms with Gasteiger partial charge in [0.1, 0.15) is 17.1 Å². The number of nitrogens with zero attached hydrogens (tertiary/aromatic N) is 4. The van der Waals surface area contributed by atoms with Crippen LogP contribution in [0.3, 0.4) is 0 Å². The van der Waals surface area contributed by atoms with E-state index < -0.39 is 11.4 Å². The minimum absolute atomic E-state index is 0.0741. The van der Waals surface area contributed by atoms with Crippen LogP contribution in [0.4, 0.5) is 4.39 Å². The molecule has 0 saturated heterocycles. The van der Waals surface area contributed by atoms with Gasteiger partial charge in [0.05, 0.1) is 42.7 Å². The molecule has 0 saturated carbocycles. The van der Waals surface area contributed by atoms with Crippen molar-refractivity contribution in [1.29, 1.82) is 0 Å². The second-order valence-corrected chi connectivity index (χ2v) is 7.93. The first kappa shape index (κ1) is 21.5. The summed E-state index contributed by atoms with van der Waals surface area (Å²) in [4.78, 5) is 13.0. The molecule has 0 aliphatic heterocycles. The van der Waals surface area contributed by atoms with Crippen LogP contribution in [-0.2, 0) is 5.60 Å². The van der Waals surface area contributed by atoms with Crippen molar-refractivity contribution in [2.75, 3.05) is 14.2 Å². The van der Waals surface area contributed by atoms with Gasteiger partial charge >= 0.3 is 0 Å². The summed E-state index contributed by atoms with van der Waals surface area (Å²) >= 11 is 0. The minimum Gasteiger partial charge on any atom is -0.494 e. The number of halogens is 1. The first-order valence-corrected chi connectivity index (χ1v) is 9.83. The van der Waals surface area contributed by atoms with E-state index >= 15 is 0 Å². The number of rotatable bonds is 5. The highest BCUT2D eigenvalue weighted by Gasteiger charge is 2.24. The van der Waals surface area contributed by atoms with Crippen LogP contribution in [0, 0.1) is 12.7 Å². The van der Waals surface area contributed by atoms with Gasteiger partial charge in [-0.2, -0.15) is 0 Å². The number of aliphatic hydroxyl groups is 1. The molecule has 0 unspecified atom stereocenters. The number of fused-ring (bicyclic) bond motifs is 1. The summed E-state index contributed by atoms with van der Waals surface area (Å²) in [6.07, 6.45) is 4.62. The topological polar surface area (TPSA) is 103 Å². The van der Waals surface area contributed by atoms with Gasteiger partial charge in [0.15, 0.2) is 5.75 Å². The Hall–Kier alpha value is -3.72. The van der Waals surface area contributed by atoms with Crippen molar-refractivity contribution in [2.24, 2.45) is 0 Å². The third-order valence-corrected chi connectivity index (χ3v) is 5.16. The molecule has 4 aromatic rings. The molecule has 0 spiro atoms. The van der Waals surface area contributed by atoms with Crippen LogP contribution in [0.15, 0.2) is 36.8 Å².